The van der Waals surface area contributed by atoms with Crippen LogP contribution in [-0.4, -0.2) is 19.2 Å². The molecule has 0 saturated heterocycles. The summed E-state index contributed by atoms with van der Waals surface area (Å²) in [4.78, 5) is 10.8. The maximum absolute atomic E-state index is 14.3. The third kappa shape index (κ3) is 5.58. The molecule has 0 N–H and O–H groups in total. The van der Waals surface area contributed by atoms with Crippen molar-refractivity contribution in [1.82, 2.24) is 0 Å². The van der Waals surface area contributed by atoms with E-state index in [9.17, 15) is 22.4 Å². The molecule has 2 aromatic carbocycles. The van der Waals surface area contributed by atoms with Crippen LogP contribution in [0.25, 0.3) is 11.1 Å². The topological polar surface area (TPSA) is 35.5 Å². The zero-order chi connectivity index (χ0) is 20.5. The fraction of sp³-hybridized carbons (Fsp3) is 0.286. The van der Waals surface area contributed by atoms with Crippen LogP contribution in [0, 0.1) is 23.3 Å². The van der Waals surface area contributed by atoms with Crippen LogP contribution in [0.4, 0.5) is 17.6 Å². The van der Waals surface area contributed by atoms with Crippen molar-refractivity contribution in [2.75, 3.05) is 13.2 Å². The largest absolute Gasteiger partial charge is 0.490 e. The molecule has 0 atom stereocenters. The molecule has 2 aromatic rings. The Hall–Kier alpha value is -2.83. The second kappa shape index (κ2) is 10.5. The van der Waals surface area contributed by atoms with Gasteiger partial charge in [0.25, 0.3) is 0 Å². The lowest BCUT2D eigenvalue weighted by Crippen LogP contribution is -2.03. The Labute approximate surface area is 160 Å². The summed E-state index contributed by atoms with van der Waals surface area (Å²) in [5.41, 5.74) is -0.740. The number of benzene rings is 2. The van der Waals surface area contributed by atoms with Gasteiger partial charge in [0.05, 0.1) is 13.2 Å². The number of carbonyl (C=O) groups is 1. The molecule has 0 bridgehead atoms. The summed E-state index contributed by atoms with van der Waals surface area (Å²) in [5.74, 6) is -5.70. The molecule has 0 fully saturated rings. The number of esters is 1. The normalized spacial score (nSPS) is 10.6. The monoisotopic (exact) mass is 396 g/mol. The van der Waals surface area contributed by atoms with Crippen LogP contribution in [-0.2, 0) is 9.53 Å². The summed E-state index contributed by atoms with van der Waals surface area (Å²) in [7, 11) is 0. The molecule has 0 saturated carbocycles. The highest BCUT2D eigenvalue weighted by atomic mass is 19.2. The van der Waals surface area contributed by atoms with E-state index in [1.54, 1.807) is 0 Å². The Morgan fingerprint density at radius 3 is 2.25 bits per heavy atom. The van der Waals surface area contributed by atoms with Gasteiger partial charge in [-0.3, -0.25) is 0 Å². The van der Waals surface area contributed by atoms with Crippen LogP contribution < -0.4 is 4.74 Å². The summed E-state index contributed by atoms with van der Waals surface area (Å²) in [6, 6.07) is 5.62. The first-order chi connectivity index (χ1) is 13.5. The fourth-order valence-electron chi connectivity index (χ4n) is 2.53. The molecule has 0 aliphatic heterocycles. The Morgan fingerprint density at radius 1 is 0.857 bits per heavy atom. The molecule has 0 radical (unpaired) electrons. The van der Waals surface area contributed by atoms with E-state index < -0.39 is 29.2 Å². The molecule has 2 rings (SSSR count). The molecule has 0 amide bonds. The van der Waals surface area contributed by atoms with Crippen molar-refractivity contribution in [3.63, 3.8) is 0 Å². The summed E-state index contributed by atoms with van der Waals surface area (Å²) < 4.78 is 65.7. The minimum Gasteiger partial charge on any atom is -0.490 e. The molecule has 0 heterocycles. The van der Waals surface area contributed by atoms with Crippen molar-refractivity contribution in [3.8, 4) is 16.9 Å². The van der Waals surface area contributed by atoms with E-state index in [0.29, 0.717) is 19.4 Å². The lowest BCUT2D eigenvalue weighted by Gasteiger charge is -2.11. The Balaban J connectivity index is 1.85. The van der Waals surface area contributed by atoms with E-state index in [-0.39, 0.29) is 23.5 Å². The molecule has 0 aliphatic rings. The van der Waals surface area contributed by atoms with Gasteiger partial charge >= 0.3 is 5.97 Å². The molecule has 0 aliphatic carbocycles. The predicted octanol–water partition coefficient (Wildman–Crippen LogP) is 5.58. The standard InChI is InChI=1S/C21H20F4O3/c1-2-18(26)28-13-6-4-3-5-12-27-17-11-10-15(20(24)21(17)25)14-8-7-9-16(22)19(14)23/h2,7-11H,1,3-6,12-13H2. The van der Waals surface area contributed by atoms with Crippen molar-refractivity contribution in [2.45, 2.75) is 25.7 Å². The van der Waals surface area contributed by atoms with Crippen molar-refractivity contribution in [3.05, 3.63) is 66.3 Å². The molecule has 0 aromatic heterocycles. The van der Waals surface area contributed by atoms with Crippen molar-refractivity contribution in [2.24, 2.45) is 0 Å². The smallest absolute Gasteiger partial charge is 0.330 e. The van der Waals surface area contributed by atoms with Crippen molar-refractivity contribution in [1.29, 1.82) is 0 Å². The molecule has 3 nitrogen and oxygen atoms in total. The first kappa shape index (κ1) is 21.5. The van der Waals surface area contributed by atoms with Gasteiger partial charge in [0.2, 0.25) is 5.82 Å². The van der Waals surface area contributed by atoms with Gasteiger partial charge in [0, 0.05) is 17.2 Å². The number of halogens is 4. The third-order valence-corrected chi connectivity index (χ3v) is 4.00. The van der Waals surface area contributed by atoms with Crippen molar-refractivity contribution < 1.29 is 31.8 Å². The number of ether oxygens (including phenoxy) is 2. The number of carbonyl (C=O) groups excluding carboxylic acids is 1. The maximum Gasteiger partial charge on any atom is 0.330 e. The second-order valence-corrected chi connectivity index (χ2v) is 5.97. The minimum atomic E-state index is -1.30. The van der Waals surface area contributed by atoms with E-state index in [1.807, 2.05) is 0 Å². The van der Waals surface area contributed by atoms with Gasteiger partial charge in [-0.2, -0.15) is 4.39 Å². The Bertz CT molecular complexity index is 837. The SMILES string of the molecule is C=CC(=O)OCCCCCCOc1ccc(-c2cccc(F)c2F)c(F)c1F. The van der Waals surface area contributed by atoms with E-state index in [4.69, 9.17) is 9.47 Å². The average molecular weight is 396 g/mol. The highest BCUT2D eigenvalue weighted by Gasteiger charge is 2.19. The van der Waals surface area contributed by atoms with E-state index in [2.05, 4.69) is 6.58 Å². The predicted molar refractivity (Wildman–Crippen MR) is 96.8 cm³/mol. The Morgan fingerprint density at radius 2 is 1.54 bits per heavy atom. The van der Waals surface area contributed by atoms with E-state index in [1.165, 1.54) is 18.2 Å². The highest BCUT2D eigenvalue weighted by molar-refractivity contribution is 5.81. The lowest BCUT2D eigenvalue weighted by atomic mass is 10.0. The molecular weight excluding hydrogens is 376 g/mol. The number of rotatable bonds is 10. The van der Waals surface area contributed by atoms with Gasteiger partial charge in [-0.05, 0) is 43.9 Å². The number of unbranched alkanes of at least 4 members (excludes halogenated alkanes) is 3. The molecule has 28 heavy (non-hydrogen) atoms. The van der Waals surface area contributed by atoms with E-state index in [0.717, 1.165) is 31.1 Å². The summed E-state index contributed by atoms with van der Waals surface area (Å²) in [6.07, 6.45) is 3.90. The highest BCUT2D eigenvalue weighted by Crippen LogP contribution is 2.32. The average Bonchev–Trinajstić information content (AvgIpc) is 2.69. The third-order valence-electron chi connectivity index (χ3n) is 4.00. The van der Waals surface area contributed by atoms with E-state index >= 15 is 0 Å². The van der Waals surface area contributed by atoms with Gasteiger partial charge in [0.1, 0.15) is 0 Å². The first-order valence-electron chi connectivity index (χ1n) is 8.80. The summed E-state index contributed by atoms with van der Waals surface area (Å²) in [5, 5.41) is 0. The van der Waals surface area contributed by atoms with Gasteiger partial charge < -0.3 is 9.47 Å². The zero-order valence-corrected chi connectivity index (χ0v) is 15.2. The van der Waals surface area contributed by atoms with Crippen LogP contribution in [0.15, 0.2) is 43.0 Å². The Kier molecular flexibility index (Phi) is 8.04. The van der Waals surface area contributed by atoms with Crippen LogP contribution in [0.1, 0.15) is 25.7 Å². The summed E-state index contributed by atoms with van der Waals surface area (Å²) >= 11 is 0. The zero-order valence-electron chi connectivity index (χ0n) is 15.2. The molecule has 0 unspecified atom stereocenters. The first-order valence-corrected chi connectivity index (χ1v) is 8.80. The van der Waals surface area contributed by atoms with Gasteiger partial charge in [-0.1, -0.05) is 18.7 Å². The second-order valence-electron chi connectivity index (χ2n) is 5.97. The molecule has 7 heteroatoms. The molecule has 0 spiro atoms. The van der Waals surface area contributed by atoms with Crippen molar-refractivity contribution >= 4 is 5.97 Å². The van der Waals surface area contributed by atoms with Crippen LogP contribution in [0.2, 0.25) is 0 Å². The van der Waals surface area contributed by atoms with Gasteiger partial charge in [-0.25, -0.2) is 18.0 Å². The fourth-order valence-corrected chi connectivity index (χ4v) is 2.53. The summed E-state index contributed by atoms with van der Waals surface area (Å²) in [6.45, 7) is 3.75. The van der Waals surface area contributed by atoms with Gasteiger partial charge in [-0.15, -0.1) is 0 Å². The van der Waals surface area contributed by atoms with Gasteiger partial charge in [0.15, 0.2) is 23.2 Å². The quantitative estimate of drug-likeness (QED) is 0.228. The van der Waals surface area contributed by atoms with Crippen LogP contribution in [0.5, 0.6) is 5.75 Å². The van der Waals surface area contributed by atoms with Crippen LogP contribution >= 0.6 is 0 Å². The number of hydrogen-bond donors (Lipinski definition) is 0. The van der Waals surface area contributed by atoms with Crippen LogP contribution in [0.3, 0.4) is 0 Å². The molecular formula is C21H20F4O3. The number of hydrogen-bond acceptors (Lipinski definition) is 3. The minimum absolute atomic E-state index is 0.163. The lowest BCUT2D eigenvalue weighted by molar-refractivity contribution is -0.137. The maximum atomic E-state index is 14.3. The molecule has 150 valence electrons.